The zero-order valence-electron chi connectivity index (χ0n) is 13.0. The van der Waals surface area contributed by atoms with Gasteiger partial charge in [0.25, 0.3) is 0 Å². The third-order valence-corrected chi connectivity index (χ3v) is 4.44. The largest absolute Gasteiger partial charge is 0.295 e. The first-order chi connectivity index (χ1) is 8.73. The summed E-state index contributed by atoms with van der Waals surface area (Å²) in [6.45, 7) is 12.9. The Balaban J connectivity index is 2.61. The molecule has 0 unspecified atom stereocenters. The Labute approximate surface area is 116 Å². The fourth-order valence-electron chi connectivity index (χ4n) is 3.27. The number of carbonyl (C=O) groups is 1. The molecule has 0 bridgehead atoms. The first kappa shape index (κ1) is 14.0. The van der Waals surface area contributed by atoms with Crippen molar-refractivity contribution in [1.82, 2.24) is 0 Å². The predicted octanol–water partition coefficient (Wildman–Crippen LogP) is 4.34. The van der Waals surface area contributed by atoms with Crippen LogP contribution in [0.3, 0.4) is 0 Å². The fourth-order valence-corrected chi connectivity index (χ4v) is 3.27. The maximum absolute atomic E-state index is 11.2. The molecule has 0 N–H and O–H groups in total. The molecule has 1 aliphatic rings. The summed E-state index contributed by atoms with van der Waals surface area (Å²) in [4.78, 5) is 11.2. The molecule has 2 rings (SSSR count). The SMILES string of the molecule is CC(=O)C=Cc1c(C)c(C)c2c(c1C)CC(C)(C)C2. The molecule has 1 aliphatic carbocycles. The first-order valence-electron chi connectivity index (χ1n) is 7.03. The Bertz CT molecular complexity index is 574. The topological polar surface area (TPSA) is 17.1 Å². The van der Waals surface area contributed by atoms with Gasteiger partial charge in [0.1, 0.15) is 0 Å². The van der Waals surface area contributed by atoms with E-state index in [4.69, 9.17) is 0 Å². The van der Waals surface area contributed by atoms with Crippen LogP contribution >= 0.6 is 0 Å². The van der Waals surface area contributed by atoms with Crippen molar-refractivity contribution in [1.29, 1.82) is 0 Å². The Morgan fingerprint density at radius 3 is 2.05 bits per heavy atom. The van der Waals surface area contributed by atoms with Gasteiger partial charge < -0.3 is 0 Å². The molecule has 1 heteroatoms. The van der Waals surface area contributed by atoms with Crippen molar-refractivity contribution in [3.05, 3.63) is 39.5 Å². The maximum atomic E-state index is 11.2. The van der Waals surface area contributed by atoms with Crippen molar-refractivity contribution in [2.24, 2.45) is 5.41 Å². The van der Waals surface area contributed by atoms with E-state index < -0.39 is 0 Å². The molecule has 0 fully saturated rings. The lowest BCUT2D eigenvalue weighted by Crippen LogP contribution is -2.10. The summed E-state index contributed by atoms with van der Waals surface area (Å²) in [5, 5.41) is 0. The van der Waals surface area contributed by atoms with E-state index in [1.165, 1.54) is 34.2 Å². The van der Waals surface area contributed by atoms with E-state index in [2.05, 4.69) is 34.6 Å². The molecule has 0 amide bonds. The maximum Gasteiger partial charge on any atom is 0.152 e. The third kappa shape index (κ3) is 2.51. The van der Waals surface area contributed by atoms with Crippen LogP contribution in [-0.2, 0) is 17.6 Å². The Kier molecular flexibility index (Phi) is 3.42. The molecule has 0 atom stereocenters. The Hall–Kier alpha value is -1.37. The highest BCUT2D eigenvalue weighted by atomic mass is 16.1. The summed E-state index contributed by atoms with van der Waals surface area (Å²) in [7, 11) is 0. The van der Waals surface area contributed by atoms with Gasteiger partial charge in [-0.1, -0.05) is 19.9 Å². The first-order valence-corrected chi connectivity index (χ1v) is 7.03. The lowest BCUT2D eigenvalue weighted by Gasteiger charge is -2.16. The van der Waals surface area contributed by atoms with E-state index in [0.717, 1.165) is 6.42 Å². The van der Waals surface area contributed by atoms with Gasteiger partial charge >= 0.3 is 0 Å². The molecule has 0 saturated heterocycles. The number of hydrogen-bond donors (Lipinski definition) is 0. The van der Waals surface area contributed by atoms with Gasteiger partial charge in [0.05, 0.1) is 0 Å². The van der Waals surface area contributed by atoms with Crippen LogP contribution in [0.25, 0.3) is 6.08 Å². The molecule has 1 aromatic rings. The van der Waals surface area contributed by atoms with Gasteiger partial charge in [0.2, 0.25) is 0 Å². The molecule has 0 aliphatic heterocycles. The van der Waals surface area contributed by atoms with Crippen LogP contribution in [0.4, 0.5) is 0 Å². The van der Waals surface area contributed by atoms with Crippen LogP contribution in [0.1, 0.15) is 54.2 Å². The molecule has 102 valence electrons. The van der Waals surface area contributed by atoms with E-state index >= 15 is 0 Å². The number of hydrogen-bond acceptors (Lipinski definition) is 1. The summed E-state index contributed by atoms with van der Waals surface area (Å²) >= 11 is 0. The summed E-state index contributed by atoms with van der Waals surface area (Å²) in [5.74, 6) is 0.109. The van der Waals surface area contributed by atoms with Crippen LogP contribution in [0.5, 0.6) is 0 Å². The van der Waals surface area contributed by atoms with Gasteiger partial charge in [0.15, 0.2) is 5.78 Å². The van der Waals surface area contributed by atoms with Crippen molar-refractivity contribution in [2.75, 3.05) is 0 Å². The summed E-state index contributed by atoms with van der Waals surface area (Å²) in [5.41, 5.74) is 8.76. The highest BCUT2D eigenvalue weighted by Crippen LogP contribution is 2.42. The highest BCUT2D eigenvalue weighted by molar-refractivity contribution is 5.92. The Morgan fingerprint density at radius 1 is 1.00 bits per heavy atom. The van der Waals surface area contributed by atoms with Crippen LogP contribution < -0.4 is 0 Å². The van der Waals surface area contributed by atoms with Gasteiger partial charge in [-0.2, -0.15) is 0 Å². The molecule has 0 radical (unpaired) electrons. The smallest absolute Gasteiger partial charge is 0.152 e. The van der Waals surface area contributed by atoms with E-state index in [9.17, 15) is 4.79 Å². The number of rotatable bonds is 2. The fraction of sp³-hybridized carbons (Fsp3) is 0.500. The number of fused-ring (bicyclic) bond motifs is 1. The molecule has 1 nitrogen and oxygen atoms in total. The standard InChI is InChI=1S/C18H24O/c1-11(19)7-8-15-12(2)13(3)16-9-18(5,6)10-17(16)14(15)4/h7-8H,9-10H2,1-6H3. The van der Waals surface area contributed by atoms with Gasteiger partial charge in [-0.15, -0.1) is 0 Å². The average Bonchev–Trinajstić information content (AvgIpc) is 2.62. The normalized spacial score (nSPS) is 16.9. The second-order valence-electron chi connectivity index (χ2n) is 6.71. The molecule has 0 heterocycles. The molecule has 0 aromatic heterocycles. The van der Waals surface area contributed by atoms with E-state index in [1.54, 1.807) is 18.6 Å². The second-order valence-corrected chi connectivity index (χ2v) is 6.71. The minimum atomic E-state index is 0.109. The van der Waals surface area contributed by atoms with Crippen molar-refractivity contribution >= 4 is 11.9 Å². The van der Waals surface area contributed by atoms with Crippen LogP contribution in [0.2, 0.25) is 0 Å². The molecular weight excluding hydrogens is 232 g/mol. The van der Waals surface area contributed by atoms with E-state index in [1.807, 2.05) is 6.08 Å². The number of allylic oxidation sites excluding steroid dienone is 1. The van der Waals surface area contributed by atoms with Gasteiger partial charge in [-0.25, -0.2) is 0 Å². The van der Waals surface area contributed by atoms with Gasteiger partial charge in [0, 0.05) is 0 Å². The zero-order valence-corrected chi connectivity index (χ0v) is 13.0. The van der Waals surface area contributed by atoms with E-state index in [-0.39, 0.29) is 5.78 Å². The van der Waals surface area contributed by atoms with Crippen molar-refractivity contribution in [3.63, 3.8) is 0 Å². The van der Waals surface area contributed by atoms with Crippen LogP contribution in [0, 0.1) is 26.2 Å². The van der Waals surface area contributed by atoms with Crippen LogP contribution in [-0.4, -0.2) is 5.78 Å². The summed E-state index contributed by atoms with van der Waals surface area (Å²) < 4.78 is 0. The second kappa shape index (κ2) is 4.63. The number of benzene rings is 1. The third-order valence-electron chi connectivity index (χ3n) is 4.44. The number of carbonyl (C=O) groups excluding carboxylic acids is 1. The summed E-state index contributed by atoms with van der Waals surface area (Å²) in [6, 6.07) is 0. The van der Waals surface area contributed by atoms with Crippen LogP contribution in [0.15, 0.2) is 6.08 Å². The molecule has 0 spiro atoms. The average molecular weight is 256 g/mol. The van der Waals surface area contributed by atoms with Crippen molar-refractivity contribution in [2.45, 2.75) is 54.4 Å². The predicted molar refractivity (Wildman–Crippen MR) is 81.6 cm³/mol. The van der Waals surface area contributed by atoms with E-state index in [0.29, 0.717) is 5.41 Å². The Morgan fingerprint density at radius 2 is 1.53 bits per heavy atom. The van der Waals surface area contributed by atoms with Crippen molar-refractivity contribution in [3.8, 4) is 0 Å². The molecular formula is C18H24O. The number of ketones is 1. The minimum absolute atomic E-state index is 0.109. The summed E-state index contributed by atoms with van der Waals surface area (Å²) in [6.07, 6.45) is 6.00. The minimum Gasteiger partial charge on any atom is -0.295 e. The molecule has 0 saturated carbocycles. The molecule has 1 aromatic carbocycles. The monoisotopic (exact) mass is 256 g/mol. The van der Waals surface area contributed by atoms with Gasteiger partial charge in [-0.3, -0.25) is 4.79 Å². The lowest BCUT2D eigenvalue weighted by atomic mass is 9.89. The van der Waals surface area contributed by atoms with Gasteiger partial charge in [-0.05, 0) is 85.4 Å². The lowest BCUT2D eigenvalue weighted by molar-refractivity contribution is -0.112. The molecule has 19 heavy (non-hydrogen) atoms. The zero-order chi connectivity index (χ0) is 14.4. The highest BCUT2D eigenvalue weighted by Gasteiger charge is 2.32. The van der Waals surface area contributed by atoms with Crippen molar-refractivity contribution < 1.29 is 4.79 Å². The quantitative estimate of drug-likeness (QED) is 0.719.